The molecule has 0 fully saturated rings. The van der Waals surface area contributed by atoms with Crippen LogP contribution in [0.3, 0.4) is 0 Å². The monoisotopic (exact) mass is 275 g/mol. The molecule has 0 atom stereocenters. The normalized spacial score (nSPS) is 10.6. The van der Waals surface area contributed by atoms with Crippen LogP contribution in [0, 0.1) is 11.3 Å². The first kappa shape index (κ1) is 11.0. The summed E-state index contributed by atoms with van der Waals surface area (Å²) >= 11 is 3.15. The van der Waals surface area contributed by atoms with Crippen molar-refractivity contribution in [1.29, 1.82) is 5.26 Å². The van der Waals surface area contributed by atoms with Crippen LogP contribution >= 0.6 is 15.9 Å². The van der Waals surface area contributed by atoms with Crippen molar-refractivity contribution in [2.75, 3.05) is 4.72 Å². The molecule has 0 radical (unpaired) electrons. The Labute approximate surface area is 89.8 Å². The minimum Gasteiger partial charge on any atom is -0.270 e. The predicted molar refractivity (Wildman–Crippen MR) is 55.6 cm³/mol. The maximum Gasteiger partial charge on any atom is 0.296 e. The molecule has 0 aliphatic rings. The molecule has 0 saturated heterocycles. The van der Waals surface area contributed by atoms with Gasteiger partial charge in [-0.05, 0) is 18.2 Å². The van der Waals surface area contributed by atoms with Crippen molar-refractivity contribution in [2.24, 2.45) is 5.14 Å². The van der Waals surface area contributed by atoms with Crippen LogP contribution in [-0.2, 0) is 10.2 Å². The first-order valence-electron chi connectivity index (χ1n) is 3.42. The summed E-state index contributed by atoms with van der Waals surface area (Å²) in [5, 5.41) is 13.4. The SMILES string of the molecule is N#Cc1ccc(Br)cc1NS(N)(=O)=O. The number of nitrogens with zero attached hydrogens (tertiary/aromatic N) is 1. The second-order valence-corrected chi connectivity index (χ2v) is 4.66. The van der Waals surface area contributed by atoms with Crippen LogP contribution in [-0.4, -0.2) is 8.42 Å². The molecule has 0 saturated carbocycles. The van der Waals surface area contributed by atoms with Crippen LogP contribution < -0.4 is 9.86 Å². The molecule has 3 N–H and O–H groups in total. The van der Waals surface area contributed by atoms with E-state index in [-0.39, 0.29) is 11.3 Å². The Kier molecular flexibility index (Phi) is 3.10. The quantitative estimate of drug-likeness (QED) is 0.841. The highest BCUT2D eigenvalue weighted by Crippen LogP contribution is 2.21. The lowest BCUT2D eigenvalue weighted by Gasteiger charge is -2.05. The molecule has 0 aromatic heterocycles. The molecule has 0 amide bonds. The van der Waals surface area contributed by atoms with E-state index in [1.54, 1.807) is 6.07 Å². The van der Waals surface area contributed by atoms with Gasteiger partial charge in [-0.3, -0.25) is 4.72 Å². The molecule has 0 spiro atoms. The zero-order valence-electron chi connectivity index (χ0n) is 6.86. The second kappa shape index (κ2) is 3.96. The Hall–Kier alpha value is -1.10. The van der Waals surface area contributed by atoms with Crippen LogP contribution in [0.1, 0.15) is 5.56 Å². The third kappa shape index (κ3) is 2.99. The van der Waals surface area contributed by atoms with E-state index in [4.69, 9.17) is 10.4 Å². The van der Waals surface area contributed by atoms with Crippen molar-refractivity contribution in [3.05, 3.63) is 28.2 Å². The van der Waals surface area contributed by atoms with E-state index in [9.17, 15) is 8.42 Å². The number of nitrogens with two attached hydrogens (primary N) is 1. The first-order valence-corrected chi connectivity index (χ1v) is 5.76. The number of benzene rings is 1. The zero-order valence-corrected chi connectivity index (χ0v) is 9.26. The van der Waals surface area contributed by atoms with Gasteiger partial charge in [0.05, 0.1) is 11.3 Å². The van der Waals surface area contributed by atoms with Gasteiger partial charge in [-0.1, -0.05) is 15.9 Å². The van der Waals surface area contributed by atoms with Gasteiger partial charge in [-0.15, -0.1) is 0 Å². The standard InChI is InChI=1S/C7H6BrN3O2S/c8-6-2-1-5(4-9)7(3-6)11-14(10,12)13/h1-3,11H,(H2,10,12,13). The molecule has 5 nitrogen and oxygen atoms in total. The van der Waals surface area contributed by atoms with Crippen LogP contribution in [0.5, 0.6) is 0 Å². The van der Waals surface area contributed by atoms with Crippen molar-refractivity contribution in [1.82, 2.24) is 0 Å². The minimum absolute atomic E-state index is 0.157. The van der Waals surface area contributed by atoms with Crippen LogP contribution in [0.2, 0.25) is 0 Å². The fourth-order valence-electron chi connectivity index (χ4n) is 0.852. The van der Waals surface area contributed by atoms with E-state index in [0.29, 0.717) is 4.47 Å². The molecule has 0 heterocycles. The van der Waals surface area contributed by atoms with Crippen LogP contribution in [0.15, 0.2) is 22.7 Å². The molecule has 0 aliphatic carbocycles. The Balaban J connectivity index is 3.20. The summed E-state index contributed by atoms with van der Waals surface area (Å²) in [5.74, 6) is 0. The van der Waals surface area contributed by atoms with Crippen molar-refractivity contribution in [2.45, 2.75) is 0 Å². The molecule has 1 aromatic rings. The molecule has 0 aliphatic heterocycles. The molecule has 0 bridgehead atoms. The van der Waals surface area contributed by atoms with Crippen molar-refractivity contribution in [3.8, 4) is 6.07 Å². The smallest absolute Gasteiger partial charge is 0.270 e. The van der Waals surface area contributed by atoms with Gasteiger partial charge < -0.3 is 0 Å². The minimum atomic E-state index is -3.85. The molecular formula is C7H6BrN3O2S. The van der Waals surface area contributed by atoms with E-state index < -0.39 is 10.2 Å². The third-order valence-corrected chi connectivity index (χ3v) is 2.35. The molecule has 14 heavy (non-hydrogen) atoms. The summed E-state index contributed by atoms with van der Waals surface area (Å²) in [5.41, 5.74) is 0.367. The van der Waals surface area contributed by atoms with Gasteiger partial charge in [0.15, 0.2) is 0 Å². The fourth-order valence-corrected chi connectivity index (χ4v) is 1.69. The maximum atomic E-state index is 10.7. The summed E-state index contributed by atoms with van der Waals surface area (Å²) < 4.78 is 24.1. The van der Waals surface area contributed by atoms with Crippen LogP contribution in [0.4, 0.5) is 5.69 Å². The Morgan fingerprint density at radius 2 is 2.14 bits per heavy atom. The Morgan fingerprint density at radius 1 is 1.50 bits per heavy atom. The van der Waals surface area contributed by atoms with Crippen molar-refractivity contribution >= 4 is 31.8 Å². The van der Waals surface area contributed by atoms with Crippen molar-refractivity contribution in [3.63, 3.8) is 0 Å². The lowest BCUT2D eigenvalue weighted by molar-refractivity contribution is 0.603. The Bertz CT molecular complexity index is 492. The van der Waals surface area contributed by atoms with Gasteiger partial charge in [-0.25, -0.2) is 5.14 Å². The van der Waals surface area contributed by atoms with Gasteiger partial charge in [0.25, 0.3) is 10.2 Å². The fraction of sp³-hybridized carbons (Fsp3) is 0. The average molecular weight is 276 g/mol. The number of halogens is 1. The number of nitrogens with one attached hydrogen (secondary N) is 1. The first-order chi connectivity index (χ1) is 6.42. The van der Waals surface area contributed by atoms with Gasteiger partial charge >= 0.3 is 0 Å². The molecular weight excluding hydrogens is 270 g/mol. The third-order valence-electron chi connectivity index (χ3n) is 1.35. The summed E-state index contributed by atoms with van der Waals surface area (Å²) in [6.45, 7) is 0. The highest BCUT2D eigenvalue weighted by Gasteiger charge is 2.07. The lowest BCUT2D eigenvalue weighted by Crippen LogP contribution is -2.22. The molecule has 1 aromatic carbocycles. The summed E-state index contributed by atoms with van der Waals surface area (Å²) in [6, 6.07) is 6.42. The number of hydrogen-bond donors (Lipinski definition) is 2. The zero-order chi connectivity index (χ0) is 10.8. The number of hydrogen-bond acceptors (Lipinski definition) is 3. The van der Waals surface area contributed by atoms with E-state index in [1.807, 2.05) is 10.8 Å². The summed E-state index contributed by atoms with van der Waals surface area (Å²) in [4.78, 5) is 0. The van der Waals surface area contributed by atoms with Gasteiger partial charge in [0, 0.05) is 4.47 Å². The molecule has 7 heteroatoms. The molecule has 74 valence electrons. The summed E-state index contributed by atoms with van der Waals surface area (Å²) in [6.07, 6.45) is 0. The maximum absolute atomic E-state index is 10.7. The highest BCUT2D eigenvalue weighted by atomic mass is 79.9. The largest absolute Gasteiger partial charge is 0.296 e. The number of nitriles is 1. The van der Waals surface area contributed by atoms with Gasteiger partial charge in [0.2, 0.25) is 0 Å². The lowest BCUT2D eigenvalue weighted by atomic mass is 10.2. The van der Waals surface area contributed by atoms with E-state index in [2.05, 4.69) is 15.9 Å². The van der Waals surface area contributed by atoms with Crippen LogP contribution in [0.25, 0.3) is 0 Å². The second-order valence-electron chi connectivity index (χ2n) is 2.45. The topological polar surface area (TPSA) is 96.0 Å². The molecule has 0 unspecified atom stereocenters. The van der Waals surface area contributed by atoms with E-state index in [1.165, 1.54) is 12.1 Å². The summed E-state index contributed by atoms with van der Waals surface area (Å²) in [7, 11) is -3.85. The number of anilines is 1. The van der Waals surface area contributed by atoms with E-state index >= 15 is 0 Å². The number of rotatable bonds is 2. The Morgan fingerprint density at radius 3 is 2.64 bits per heavy atom. The van der Waals surface area contributed by atoms with Crippen molar-refractivity contribution < 1.29 is 8.42 Å². The average Bonchev–Trinajstić information content (AvgIpc) is 2.01. The van der Waals surface area contributed by atoms with Gasteiger partial charge in [0.1, 0.15) is 6.07 Å². The molecule has 1 rings (SSSR count). The highest BCUT2D eigenvalue weighted by molar-refractivity contribution is 9.10. The predicted octanol–water partition coefficient (Wildman–Crippen LogP) is 0.936. The van der Waals surface area contributed by atoms with Gasteiger partial charge in [-0.2, -0.15) is 13.7 Å². The van der Waals surface area contributed by atoms with E-state index in [0.717, 1.165) is 0 Å².